The van der Waals surface area contributed by atoms with E-state index in [1.807, 2.05) is 12.4 Å². The number of ether oxygens (including phenoxy) is 1. The Morgan fingerprint density at radius 2 is 2.33 bits per heavy atom. The SMILES string of the molecule is CO[C@@H]1CCN(c2c(Br)cnc3[nH]cc(NCC(C)C)c23)C[C@H]1N. The maximum atomic E-state index is 6.30. The van der Waals surface area contributed by atoms with E-state index < -0.39 is 0 Å². The standard InChI is InChI=1S/C17H26BrN5O/c1-10(2)6-20-13-8-22-17-15(13)16(11(18)7-21-17)23-5-4-14(24-3)12(19)9-23/h7-8,10,12,14,20H,4-6,9,19H2,1-3H3,(H,21,22)/t12-,14-/m1/s1. The van der Waals surface area contributed by atoms with E-state index in [0.29, 0.717) is 5.92 Å². The zero-order valence-corrected chi connectivity index (χ0v) is 16.1. The van der Waals surface area contributed by atoms with Gasteiger partial charge in [0.05, 0.1) is 27.3 Å². The van der Waals surface area contributed by atoms with E-state index in [1.165, 1.54) is 0 Å². The number of aromatic nitrogens is 2. The summed E-state index contributed by atoms with van der Waals surface area (Å²) in [4.78, 5) is 10.1. The number of H-pyrrole nitrogens is 1. The fraction of sp³-hybridized carbons (Fsp3) is 0.588. The van der Waals surface area contributed by atoms with Crippen molar-refractivity contribution in [2.75, 3.05) is 37.0 Å². The first-order valence-corrected chi connectivity index (χ1v) is 9.23. The van der Waals surface area contributed by atoms with Crippen molar-refractivity contribution in [3.63, 3.8) is 0 Å². The summed E-state index contributed by atoms with van der Waals surface area (Å²) < 4.78 is 6.48. The van der Waals surface area contributed by atoms with Gasteiger partial charge in [-0.25, -0.2) is 4.98 Å². The maximum absolute atomic E-state index is 6.30. The van der Waals surface area contributed by atoms with Crippen LogP contribution in [0.1, 0.15) is 20.3 Å². The molecule has 0 saturated carbocycles. The Kier molecular flexibility index (Phi) is 5.32. The minimum absolute atomic E-state index is 0.00452. The minimum Gasteiger partial charge on any atom is -0.383 e. The number of nitrogens with one attached hydrogen (secondary N) is 2. The minimum atomic E-state index is 0.00452. The summed E-state index contributed by atoms with van der Waals surface area (Å²) in [7, 11) is 1.74. The number of hydrogen-bond donors (Lipinski definition) is 3. The fourth-order valence-electron chi connectivity index (χ4n) is 3.27. The Bertz CT molecular complexity index is 702. The highest BCUT2D eigenvalue weighted by atomic mass is 79.9. The highest BCUT2D eigenvalue weighted by Gasteiger charge is 2.29. The number of aromatic amines is 1. The second-order valence-electron chi connectivity index (χ2n) is 6.83. The molecule has 0 aromatic carbocycles. The van der Waals surface area contributed by atoms with E-state index in [-0.39, 0.29) is 12.1 Å². The number of halogens is 1. The Balaban J connectivity index is 1.97. The van der Waals surface area contributed by atoms with Crippen LogP contribution in [0.4, 0.5) is 11.4 Å². The topological polar surface area (TPSA) is 79.2 Å². The molecule has 3 heterocycles. The third kappa shape index (κ3) is 3.38. The van der Waals surface area contributed by atoms with Gasteiger partial charge in [-0.15, -0.1) is 0 Å². The zero-order chi connectivity index (χ0) is 17.3. The number of nitrogens with two attached hydrogens (primary N) is 1. The predicted molar refractivity (Wildman–Crippen MR) is 103 cm³/mol. The van der Waals surface area contributed by atoms with E-state index in [0.717, 1.165) is 52.9 Å². The molecule has 2 aromatic rings. The van der Waals surface area contributed by atoms with Crippen molar-refractivity contribution in [3.8, 4) is 0 Å². The summed E-state index contributed by atoms with van der Waals surface area (Å²) >= 11 is 3.69. The van der Waals surface area contributed by atoms with Gasteiger partial charge in [0.25, 0.3) is 0 Å². The van der Waals surface area contributed by atoms with Gasteiger partial charge < -0.3 is 25.7 Å². The molecule has 7 heteroatoms. The molecule has 24 heavy (non-hydrogen) atoms. The van der Waals surface area contributed by atoms with Gasteiger partial charge in [0, 0.05) is 45.2 Å². The molecule has 6 nitrogen and oxygen atoms in total. The molecular formula is C17H26BrN5O. The molecule has 1 fully saturated rings. The molecule has 1 aliphatic rings. The van der Waals surface area contributed by atoms with Gasteiger partial charge in [-0.1, -0.05) is 13.8 Å². The first-order valence-electron chi connectivity index (χ1n) is 8.44. The molecule has 0 unspecified atom stereocenters. The first-order chi connectivity index (χ1) is 11.5. The van der Waals surface area contributed by atoms with Gasteiger partial charge in [0.1, 0.15) is 5.65 Å². The maximum Gasteiger partial charge on any atom is 0.141 e. The van der Waals surface area contributed by atoms with Crippen molar-refractivity contribution in [2.45, 2.75) is 32.4 Å². The molecule has 1 saturated heterocycles. The van der Waals surface area contributed by atoms with Crippen LogP contribution in [0, 0.1) is 5.92 Å². The Labute approximate surface area is 151 Å². The smallest absolute Gasteiger partial charge is 0.141 e. The van der Waals surface area contributed by atoms with Crippen LogP contribution in [-0.2, 0) is 4.74 Å². The van der Waals surface area contributed by atoms with E-state index in [1.54, 1.807) is 7.11 Å². The van der Waals surface area contributed by atoms with Crippen LogP contribution in [0.5, 0.6) is 0 Å². The van der Waals surface area contributed by atoms with Crippen LogP contribution < -0.4 is 16.0 Å². The molecule has 132 valence electrons. The molecule has 0 radical (unpaired) electrons. The Hall–Kier alpha value is -1.31. The molecule has 0 bridgehead atoms. The van der Waals surface area contributed by atoms with Crippen LogP contribution in [0.25, 0.3) is 11.0 Å². The van der Waals surface area contributed by atoms with Crippen LogP contribution in [0.15, 0.2) is 16.9 Å². The van der Waals surface area contributed by atoms with Crippen LogP contribution in [0.3, 0.4) is 0 Å². The van der Waals surface area contributed by atoms with Crippen molar-refractivity contribution in [3.05, 3.63) is 16.9 Å². The molecule has 0 spiro atoms. The predicted octanol–water partition coefficient (Wildman–Crippen LogP) is 2.95. The van der Waals surface area contributed by atoms with Gasteiger partial charge in [-0.2, -0.15) is 0 Å². The zero-order valence-electron chi connectivity index (χ0n) is 14.5. The van der Waals surface area contributed by atoms with Crippen molar-refractivity contribution >= 4 is 38.3 Å². The van der Waals surface area contributed by atoms with Crippen LogP contribution in [-0.4, -0.2) is 48.9 Å². The van der Waals surface area contributed by atoms with Crippen LogP contribution in [0.2, 0.25) is 0 Å². The molecule has 2 aromatic heterocycles. The fourth-order valence-corrected chi connectivity index (χ4v) is 3.83. The summed E-state index contributed by atoms with van der Waals surface area (Å²) in [5.74, 6) is 0.574. The summed E-state index contributed by atoms with van der Waals surface area (Å²) in [6.07, 6.45) is 4.90. The third-order valence-electron chi connectivity index (χ3n) is 4.54. The van der Waals surface area contributed by atoms with E-state index in [2.05, 4.69) is 50.0 Å². The quantitative estimate of drug-likeness (QED) is 0.724. The summed E-state index contributed by atoms with van der Waals surface area (Å²) in [5, 5.41) is 4.65. The second kappa shape index (κ2) is 7.29. The number of hydrogen-bond acceptors (Lipinski definition) is 5. The van der Waals surface area contributed by atoms with Crippen molar-refractivity contribution in [1.82, 2.24) is 9.97 Å². The summed E-state index contributed by atoms with van der Waals surface area (Å²) in [5.41, 5.74) is 9.43. The van der Waals surface area contributed by atoms with Gasteiger partial charge in [-0.05, 0) is 28.3 Å². The number of piperidine rings is 1. The van der Waals surface area contributed by atoms with E-state index in [4.69, 9.17) is 10.5 Å². The molecule has 0 amide bonds. The number of rotatable bonds is 5. The number of nitrogens with zero attached hydrogens (tertiary/aromatic N) is 2. The third-order valence-corrected chi connectivity index (χ3v) is 5.12. The van der Waals surface area contributed by atoms with Crippen molar-refractivity contribution < 1.29 is 4.74 Å². The van der Waals surface area contributed by atoms with E-state index in [9.17, 15) is 0 Å². The average molecular weight is 396 g/mol. The average Bonchev–Trinajstić information content (AvgIpc) is 2.96. The number of methoxy groups -OCH3 is 1. The summed E-state index contributed by atoms with van der Waals surface area (Å²) in [6.45, 7) is 7.00. The highest BCUT2D eigenvalue weighted by Crippen LogP contribution is 2.39. The van der Waals surface area contributed by atoms with Gasteiger partial charge in [0.15, 0.2) is 0 Å². The lowest BCUT2D eigenvalue weighted by Gasteiger charge is -2.38. The van der Waals surface area contributed by atoms with E-state index >= 15 is 0 Å². The van der Waals surface area contributed by atoms with Gasteiger partial charge in [0.2, 0.25) is 0 Å². The second-order valence-corrected chi connectivity index (χ2v) is 7.68. The largest absolute Gasteiger partial charge is 0.383 e. The van der Waals surface area contributed by atoms with Crippen LogP contribution >= 0.6 is 15.9 Å². The first kappa shape index (κ1) is 17.5. The van der Waals surface area contributed by atoms with Crippen molar-refractivity contribution in [2.24, 2.45) is 11.7 Å². The summed E-state index contributed by atoms with van der Waals surface area (Å²) in [6, 6.07) is 0.00452. The number of pyridine rings is 1. The Morgan fingerprint density at radius 1 is 1.54 bits per heavy atom. The molecule has 3 rings (SSSR count). The molecule has 2 atom stereocenters. The molecule has 1 aliphatic heterocycles. The monoisotopic (exact) mass is 395 g/mol. The van der Waals surface area contributed by atoms with Gasteiger partial charge in [-0.3, -0.25) is 0 Å². The Morgan fingerprint density at radius 3 is 3.00 bits per heavy atom. The lowest BCUT2D eigenvalue weighted by atomic mass is 10.0. The molecule has 0 aliphatic carbocycles. The number of anilines is 2. The molecule has 4 N–H and O–H groups in total. The molecular weight excluding hydrogens is 370 g/mol. The van der Waals surface area contributed by atoms with Crippen molar-refractivity contribution in [1.29, 1.82) is 0 Å². The number of fused-ring (bicyclic) bond motifs is 1. The normalized spacial score (nSPS) is 21.7. The highest BCUT2D eigenvalue weighted by molar-refractivity contribution is 9.10. The lowest BCUT2D eigenvalue weighted by Crippen LogP contribution is -2.52. The lowest BCUT2D eigenvalue weighted by molar-refractivity contribution is 0.0665. The van der Waals surface area contributed by atoms with Gasteiger partial charge >= 0.3 is 0 Å².